The fourth-order valence-electron chi connectivity index (χ4n) is 0.812. The molecule has 0 bridgehead atoms. The highest BCUT2D eigenvalue weighted by Crippen LogP contribution is 2.20. The molecule has 0 aliphatic carbocycles. The number of nitrogens with two attached hydrogens (primary N) is 1. The van der Waals surface area contributed by atoms with Crippen molar-refractivity contribution in [1.29, 1.82) is 0 Å². The van der Waals surface area contributed by atoms with Crippen LogP contribution in [0.4, 0.5) is 0 Å². The van der Waals surface area contributed by atoms with Gasteiger partial charge in [0, 0.05) is 19.1 Å². The van der Waals surface area contributed by atoms with Gasteiger partial charge in [0.25, 0.3) is 0 Å². The third-order valence-corrected chi connectivity index (χ3v) is 2.10. The number of ether oxygens (including phenoxy) is 1. The van der Waals surface area contributed by atoms with Gasteiger partial charge in [-0.25, -0.2) is 0 Å². The first-order valence-electron chi connectivity index (χ1n) is 4.21. The van der Waals surface area contributed by atoms with Crippen LogP contribution in [0.3, 0.4) is 0 Å². The fraction of sp³-hybridized carbons (Fsp3) is 1.00. The second-order valence-electron chi connectivity index (χ2n) is 4.51. The Morgan fingerprint density at radius 2 is 1.75 bits per heavy atom. The van der Waals surface area contributed by atoms with E-state index in [-0.39, 0.29) is 5.60 Å². The topological polar surface area (TPSA) is 55.5 Å². The molecule has 0 aromatic rings. The Morgan fingerprint density at radius 3 is 2.00 bits per heavy atom. The van der Waals surface area contributed by atoms with Crippen molar-refractivity contribution in [3.63, 3.8) is 0 Å². The Bertz CT molecular complexity index is 138. The summed E-state index contributed by atoms with van der Waals surface area (Å²) in [7, 11) is 1.64. The molecule has 0 radical (unpaired) electrons. The maximum atomic E-state index is 9.65. The lowest BCUT2D eigenvalue weighted by Crippen LogP contribution is -2.48. The Labute approximate surface area is 74.9 Å². The van der Waals surface area contributed by atoms with Gasteiger partial charge in [0.2, 0.25) is 0 Å². The molecule has 12 heavy (non-hydrogen) atoms. The lowest BCUT2D eigenvalue weighted by molar-refractivity contribution is -0.0351. The molecule has 0 saturated heterocycles. The maximum absolute atomic E-state index is 9.65. The molecule has 0 aromatic heterocycles. The van der Waals surface area contributed by atoms with Crippen molar-refractivity contribution >= 4 is 0 Å². The first-order valence-corrected chi connectivity index (χ1v) is 4.21. The zero-order chi connectivity index (χ0) is 9.99. The predicted molar refractivity (Wildman–Crippen MR) is 50.0 cm³/mol. The molecular formula is C9H21NO2. The highest BCUT2D eigenvalue weighted by Gasteiger charge is 2.29. The van der Waals surface area contributed by atoms with Crippen molar-refractivity contribution in [3.8, 4) is 0 Å². The van der Waals surface area contributed by atoms with Gasteiger partial charge in [-0.3, -0.25) is 0 Å². The summed E-state index contributed by atoms with van der Waals surface area (Å²) >= 11 is 0. The average molecular weight is 175 g/mol. The van der Waals surface area contributed by atoms with Crippen LogP contribution in [0.25, 0.3) is 0 Å². The van der Waals surface area contributed by atoms with Gasteiger partial charge in [0.1, 0.15) is 0 Å². The minimum atomic E-state index is -0.560. The summed E-state index contributed by atoms with van der Waals surface area (Å²) in [5.74, 6) is 0. The van der Waals surface area contributed by atoms with Gasteiger partial charge in [-0.05, 0) is 27.7 Å². The van der Waals surface area contributed by atoms with Gasteiger partial charge in [0.15, 0.2) is 0 Å². The summed E-state index contributed by atoms with van der Waals surface area (Å²) in [6.07, 6.45) is 0.0138. The molecule has 0 amide bonds. The van der Waals surface area contributed by atoms with Crippen molar-refractivity contribution in [2.75, 3.05) is 7.11 Å². The van der Waals surface area contributed by atoms with Crippen LogP contribution in [-0.2, 0) is 4.74 Å². The summed E-state index contributed by atoms with van der Waals surface area (Å²) in [4.78, 5) is 0. The van der Waals surface area contributed by atoms with Crippen molar-refractivity contribution in [3.05, 3.63) is 0 Å². The number of methoxy groups -OCH3 is 1. The third-order valence-electron chi connectivity index (χ3n) is 2.10. The van der Waals surface area contributed by atoms with Gasteiger partial charge >= 0.3 is 0 Å². The SMILES string of the molecule is COC(C)(C)CC(O)C(C)(C)N. The van der Waals surface area contributed by atoms with E-state index in [9.17, 15) is 5.11 Å². The molecule has 1 unspecified atom stereocenters. The van der Waals surface area contributed by atoms with Gasteiger partial charge < -0.3 is 15.6 Å². The zero-order valence-corrected chi connectivity index (χ0v) is 8.72. The molecule has 1 atom stereocenters. The van der Waals surface area contributed by atoms with Crippen LogP contribution in [0.5, 0.6) is 0 Å². The number of rotatable bonds is 4. The number of hydrogen-bond acceptors (Lipinski definition) is 3. The molecule has 0 fully saturated rings. The molecule has 0 aliphatic rings. The average Bonchev–Trinajstić information content (AvgIpc) is 1.85. The Balaban J connectivity index is 4.09. The predicted octanol–water partition coefficient (Wildman–Crippen LogP) is 0.900. The van der Waals surface area contributed by atoms with E-state index in [1.165, 1.54) is 0 Å². The molecule has 0 heterocycles. The molecule has 74 valence electrons. The van der Waals surface area contributed by atoms with Gasteiger partial charge in [-0.15, -0.1) is 0 Å². The normalized spacial score (nSPS) is 16.2. The van der Waals surface area contributed by atoms with Crippen molar-refractivity contribution in [2.24, 2.45) is 5.73 Å². The highest BCUT2D eigenvalue weighted by atomic mass is 16.5. The van der Waals surface area contributed by atoms with Crippen LogP contribution in [-0.4, -0.2) is 29.5 Å². The van der Waals surface area contributed by atoms with Crippen LogP contribution in [0.1, 0.15) is 34.1 Å². The molecule has 0 saturated carbocycles. The smallest absolute Gasteiger partial charge is 0.0741 e. The molecule has 0 rings (SSSR count). The maximum Gasteiger partial charge on any atom is 0.0741 e. The van der Waals surface area contributed by atoms with Crippen molar-refractivity contribution < 1.29 is 9.84 Å². The van der Waals surface area contributed by atoms with Crippen LogP contribution >= 0.6 is 0 Å². The Kier molecular flexibility index (Phi) is 3.69. The van der Waals surface area contributed by atoms with Crippen LogP contribution < -0.4 is 5.73 Å². The van der Waals surface area contributed by atoms with E-state index in [1.54, 1.807) is 7.11 Å². The fourth-order valence-corrected chi connectivity index (χ4v) is 0.812. The van der Waals surface area contributed by atoms with E-state index in [0.717, 1.165) is 0 Å². The standard InChI is InChI=1S/C9H21NO2/c1-8(2,12-5)6-7(11)9(3,4)10/h7,11H,6,10H2,1-5H3. The summed E-state index contributed by atoms with van der Waals surface area (Å²) in [5.41, 5.74) is 4.87. The molecule has 3 heteroatoms. The van der Waals surface area contributed by atoms with E-state index in [4.69, 9.17) is 10.5 Å². The molecule has 0 aromatic carbocycles. The van der Waals surface area contributed by atoms with E-state index < -0.39 is 11.6 Å². The first-order chi connectivity index (χ1) is 5.19. The zero-order valence-electron chi connectivity index (χ0n) is 8.72. The minimum absolute atomic E-state index is 0.309. The number of aliphatic hydroxyl groups is 1. The molecule has 0 aliphatic heterocycles. The van der Waals surface area contributed by atoms with Crippen LogP contribution in [0.2, 0.25) is 0 Å². The summed E-state index contributed by atoms with van der Waals surface area (Å²) in [6, 6.07) is 0. The Morgan fingerprint density at radius 1 is 1.33 bits per heavy atom. The van der Waals surface area contributed by atoms with Crippen LogP contribution in [0, 0.1) is 0 Å². The minimum Gasteiger partial charge on any atom is -0.391 e. The van der Waals surface area contributed by atoms with Crippen molar-refractivity contribution in [1.82, 2.24) is 0 Å². The van der Waals surface area contributed by atoms with E-state index >= 15 is 0 Å². The van der Waals surface area contributed by atoms with Crippen LogP contribution in [0.15, 0.2) is 0 Å². The van der Waals surface area contributed by atoms with E-state index in [0.29, 0.717) is 6.42 Å². The third kappa shape index (κ3) is 4.04. The van der Waals surface area contributed by atoms with Gasteiger partial charge in [-0.1, -0.05) is 0 Å². The highest BCUT2D eigenvalue weighted by molar-refractivity contribution is 4.86. The lowest BCUT2D eigenvalue weighted by Gasteiger charge is -2.32. The monoisotopic (exact) mass is 175 g/mol. The molecular weight excluding hydrogens is 154 g/mol. The molecule has 3 N–H and O–H groups in total. The second kappa shape index (κ2) is 3.73. The summed E-state index contributed by atoms with van der Waals surface area (Å²) < 4.78 is 5.19. The molecule has 0 spiro atoms. The van der Waals surface area contributed by atoms with Crippen molar-refractivity contribution in [2.45, 2.75) is 51.4 Å². The molecule has 3 nitrogen and oxygen atoms in total. The Hall–Kier alpha value is -0.120. The summed E-state index contributed by atoms with van der Waals surface area (Å²) in [5, 5.41) is 9.65. The number of hydrogen-bond donors (Lipinski definition) is 2. The van der Waals surface area contributed by atoms with E-state index in [2.05, 4.69) is 0 Å². The lowest BCUT2D eigenvalue weighted by atomic mass is 9.89. The van der Waals surface area contributed by atoms with Gasteiger partial charge in [-0.2, -0.15) is 0 Å². The second-order valence-corrected chi connectivity index (χ2v) is 4.51. The largest absolute Gasteiger partial charge is 0.391 e. The number of aliphatic hydroxyl groups excluding tert-OH is 1. The first kappa shape index (κ1) is 11.9. The quantitative estimate of drug-likeness (QED) is 0.667. The van der Waals surface area contributed by atoms with Gasteiger partial charge in [0.05, 0.1) is 11.7 Å². The van der Waals surface area contributed by atoms with E-state index in [1.807, 2.05) is 27.7 Å². The summed E-state index contributed by atoms with van der Waals surface area (Å²) in [6.45, 7) is 7.48.